The van der Waals surface area contributed by atoms with Crippen LogP contribution in [0.3, 0.4) is 0 Å². The van der Waals surface area contributed by atoms with Crippen LogP contribution >= 0.6 is 22.9 Å². The van der Waals surface area contributed by atoms with Gasteiger partial charge in [0.25, 0.3) is 5.91 Å². The number of thiazole rings is 1. The Morgan fingerprint density at radius 3 is 2.19 bits per heavy atom. The Labute approximate surface area is 188 Å². The van der Waals surface area contributed by atoms with Gasteiger partial charge in [-0.15, -0.1) is 11.3 Å². The zero-order valence-electron chi connectivity index (χ0n) is 16.5. The molecule has 4 rings (SSSR count). The highest BCUT2D eigenvalue weighted by molar-refractivity contribution is 7.13. The summed E-state index contributed by atoms with van der Waals surface area (Å²) in [5.41, 5.74) is 3.98. The lowest BCUT2D eigenvalue weighted by molar-refractivity contribution is -0.131. The van der Waals surface area contributed by atoms with Crippen LogP contribution in [0.2, 0.25) is 5.02 Å². The molecular weight excluding hydrogens is 432 g/mol. The highest BCUT2D eigenvalue weighted by Gasteiger charge is 2.09. The van der Waals surface area contributed by atoms with Crippen LogP contribution < -0.4 is 10.1 Å². The Morgan fingerprint density at radius 1 is 0.903 bits per heavy atom. The maximum absolute atomic E-state index is 12.4. The Kier molecular flexibility index (Phi) is 6.11. The summed E-state index contributed by atoms with van der Waals surface area (Å²) < 4.78 is 4.98. The summed E-state index contributed by atoms with van der Waals surface area (Å²) in [7, 11) is 0. The fraction of sp³-hybridized carbons (Fsp3) is 0.0417. The second kappa shape index (κ2) is 9.12. The fourth-order valence-electron chi connectivity index (χ4n) is 2.90. The lowest BCUT2D eigenvalue weighted by Crippen LogP contribution is -2.11. The van der Waals surface area contributed by atoms with Crippen LogP contribution in [0, 0.1) is 0 Å². The van der Waals surface area contributed by atoms with E-state index < -0.39 is 5.97 Å². The van der Waals surface area contributed by atoms with Gasteiger partial charge in [-0.25, -0.2) is 4.98 Å². The van der Waals surface area contributed by atoms with Crippen molar-refractivity contribution in [2.75, 3.05) is 5.32 Å². The molecule has 1 aromatic heterocycles. The van der Waals surface area contributed by atoms with Gasteiger partial charge in [-0.3, -0.25) is 9.59 Å². The van der Waals surface area contributed by atoms with E-state index in [4.69, 9.17) is 21.3 Å². The number of aromatic nitrogens is 1. The lowest BCUT2D eigenvalue weighted by Gasteiger charge is -2.07. The number of carbonyl (C=O) groups is 2. The molecule has 0 radical (unpaired) electrons. The number of rotatable bonds is 5. The van der Waals surface area contributed by atoms with Crippen molar-refractivity contribution in [1.29, 1.82) is 0 Å². The minimum Gasteiger partial charge on any atom is -0.427 e. The third kappa shape index (κ3) is 5.17. The van der Waals surface area contributed by atoms with Crippen molar-refractivity contribution in [2.24, 2.45) is 0 Å². The van der Waals surface area contributed by atoms with E-state index in [0.717, 1.165) is 21.8 Å². The van der Waals surface area contributed by atoms with Gasteiger partial charge in [0.05, 0.1) is 5.69 Å². The predicted molar refractivity (Wildman–Crippen MR) is 124 cm³/mol. The number of amides is 1. The number of hydrogen-bond acceptors (Lipinski definition) is 5. The fourth-order valence-corrected chi connectivity index (χ4v) is 3.86. The third-order valence-corrected chi connectivity index (χ3v) is 5.56. The van der Waals surface area contributed by atoms with Crippen LogP contribution in [0.25, 0.3) is 21.8 Å². The minimum atomic E-state index is -0.405. The Bertz CT molecular complexity index is 1220. The van der Waals surface area contributed by atoms with Gasteiger partial charge in [0.2, 0.25) is 0 Å². The van der Waals surface area contributed by atoms with Crippen LogP contribution in [0.5, 0.6) is 5.75 Å². The maximum Gasteiger partial charge on any atom is 0.308 e. The molecule has 0 saturated carbocycles. The van der Waals surface area contributed by atoms with Gasteiger partial charge in [-0.2, -0.15) is 0 Å². The molecule has 4 aromatic rings. The van der Waals surface area contributed by atoms with Crippen molar-refractivity contribution in [1.82, 2.24) is 4.98 Å². The van der Waals surface area contributed by atoms with E-state index in [1.807, 2.05) is 53.9 Å². The van der Waals surface area contributed by atoms with Crippen molar-refractivity contribution < 1.29 is 14.3 Å². The van der Waals surface area contributed by atoms with Crippen molar-refractivity contribution in [2.45, 2.75) is 6.92 Å². The molecule has 0 saturated heterocycles. The average Bonchev–Trinajstić information content (AvgIpc) is 3.25. The molecule has 31 heavy (non-hydrogen) atoms. The van der Waals surface area contributed by atoms with Crippen molar-refractivity contribution in [3.8, 4) is 27.6 Å². The quantitative estimate of drug-likeness (QED) is 0.287. The molecule has 0 spiro atoms. The molecular formula is C24H17ClN2O3S. The van der Waals surface area contributed by atoms with Gasteiger partial charge in [0.1, 0.15) is 10.8 Å². The summed E-state index contributed by atoms with van der Waals surface area (Å²) in [6.45, 7) is 1.33. The molecule has 0 aliphatic carbocycles. The molecule has 1 amide bonds. The molecule has 1 N–H and O–H groups in total. The number of nitrogens with zero attached hydrogens (tertiary/aromatic N) is 1. The zero-order chi connectivity index (χ0) is 21.8. The Balaban J connectivity index is 1.43. The van der Waals surface area contributed by atoms with E-state index in [1.165, 1.54) is 6.92 Å². The first-order valence-corrected chi connectivity index (χ1v) is 10.7. The van der Waals surface area contributed by atoms with Crippen LogP contribution in [0.4, 0.5) is 5.69 Å². The second-order valence-electron chi connectivity index (χ2n) is 6.69. The number of ether oxygens (including phenoxy) is 1. The van der Waals surface area contributed by atoms with E-state index in [2.05, 4.69) is 5.32 Å². The van der Waals surface area contributed by atoms with Gasteiger partial charge >= 0.3 is 5.97 Å². The molecule has 0 aliphatic rings. The number of carbonyl (C=O) groups excluding carboxylic acids is 2. The van der Waals surface area contributed by atoms with Crippen molar-refractivity contribution in [3.63, 3.8) is 0 Å². The summed E-state index contributed by atoms with van der Waals surface area (Å²) >= 11 is 7.52. The maximum atomic E-state index is 12.4. The molecule has 0 atom stereocenters. The van der Waals surface area contributed by atoms with Crippen molar-refractivity contribution >= 4 is 40.5 Å². The van der Waals surface area contributed by atoms with Gasteiger partial charge in [-0.05, 0) is 48.5 Å². The number of anilines is 1. The van der Waals surface area contributed by atoms with E-state index >= 15 is 0 Å². The molecule has 0 fully saturated rings. The summed E-state index contributed by atoms with van der Waals surface area (Å²) in [5, 5.41) is 6.47. The van der Waals surface area contributed by atoms with Crippen LogP contribution in [0.15, 0.2) is 78.2 Å². The number of esters is 1. The minimum absolute atomic E-state index is 0.249. The highest BCUT2D eigenvalue weighted by Crippen LogP contribution is 2.30. The average molecular weight is 449 g/mol. The standard InChI is InChI=1S/C24H17ClN2O3S/c1-15(28)30-21-12-6-17(7-13-21)23(29)26-20-10-4-16(5-11-20)22-14-31-24(27-22)18-2-8-19(25)9-3-18/h2-14H,1H3,(H,26,29). The smallest absolute Gasteiger partial charge is 0.308 e. The summed E-state index contributed by atoms with van der Waals surface area (Å²) in [4.78, 5) is 28.1. The molecule has 0 unspecified atom stereocenters. The second-order valence-corrected chi connectivity index (χ2v) is 7.99. The number of nitrogens with one attached hydrogen (secondary N) is 1. The van der Waals surface area contributed by atoms with E-state index in [9.17, 15) is 9.59 Å². The molecule has 0 bridgehead atoms. The molecule has 7 heteroatoms. The number of benzene rings is 3. The highest BCUT2D eigenvalue weighted by atomic mass is 35.5. The van der Waals surface area contributed by atoms with E-state index in [-0.39, 0.29) is 5.91 Å². The normalized spacial score (nSPS) is 10.5. The summed E-state index contributed by atoms with van der Waals surface area (Å²) in [5.74, 6) is -0.256. The molecule has 154 valence electrons. The lowest BCUT2D eigenvalue weighted by atomic mass is 10.1. The van der Waals surface area contributed by atoms with Gasteiger partial charge < -0.3 is 10.1 Å². The van der Waals surface area contributed by atoms with E-state index in [1.54, 1.807) is 35.6 Å². The third-order valence-electron chi connectivity index (χ3n) is 4.41. The predicted octanol–water partition coefficient (Wildman–Crippen LogP) is 6.31. The molecule has 3 aromatic carbocycles. The summed E-state index contributed by atoms with van der Waals surface area (Å²) in [6, 6.07) is 21.5. The van der Waals surface area contributed by atoms with Gasteiger partial charge in [-0.1, -0.05) is 35.9 Å². The zero-order valence-corrected chi connectivity index (χ0v) is 18.0. The Hall–Kier alpha value is -3.48. The number of hydrogen-bond donors (Lipinski definition) is 1. The molecule has 0 aliphatic heterocycles. The van der Waals surface area contributed by atoms with Gasteiger partial charge in [0, 0.05) is 39.7 Å². The number of halogens is 1. The molecule has 1 heterocycles. The SMILES string of the molecule is CC(=O)Oc1ccc(C(=O)Nc2ccc(-c3csc(-c4ccc(Cl)cc4)n3)cc2)cc1. The van der Waals surface area contributed by atoms with E-state index in [0.29, 0.717) is 22.0 Å². The monoisotopic (exact) mass is 448 g/mol. The van der Waals surface area contributed by atoms with Crippen molar-refractivity contribution in [3.05, 3.63) is 88.8 Å². The first-order valence-electron chi connectivity index (χ1n) is 9.40. The van der Waals surface area contributed by atoms with Crippen LogP contribution in [0.1, 0.15) is 17.3 Å². The molecule has 5 nitrogen and oxygen atoms in total. The van der Waals surface area contributed by atoms with Crippen LogP contribution in [-0.4, -0.2) is 16.9 Å². The van der Waals surface area contributed by atoms with Gasteiger partial charge in [0.15, 0.2) is 0 Å². The van der Waals surface area contributed by atoms with Crippen LogP contribution in [-0.2, 0) is 4.79 Å². The Morgan fingerprint density at radius 2 is 1.55 bits per heavy atom. The largest absolute Gasteiger partial charge is 0.427 e. The topological polar surface area (TPSA) is 68.3 Å². The first-order chi connectivity index (χ1) is 15.0. The first kappa shape index (κ1) is 20.8. The summed E-state index contributed by atoms with van der Waals surface area (Å²) in [6.07, 6.45) is 0.